The third kappa shape index (κ3) is 1.25. The molecule has 1 unspecified atom stereocenters. The molecule has 1 atom stereocenters. The molecule has 0 spiro atoms. The molecule has 0 bridgehead atoms. The average Bonchev–Trinajstić information content (AvgIpc) is 1.78. The molecule has 0 radical (unpaired) electrons. The highest BCUT2D eigenvalue weighted by atomic mass is 15.1. The Labute approximate surface area is 62.5 Å². The summed E-state index contributed by atoms with van der Waals surface area (Å²) in [6, 6.07) is 0. The fourth-order valence-electron chi connectivity index (χ4n) is 1.14. The van der Waals surface area contributed by atoms with E-state index in [1.165, 1.54) is 0 Å². The van der Waals surface area contributed by atoms with Gasteiger partial charge in [-0.1, -0.05) is 6.92 Å². The average molecular weight is 140 g/mol. The van der Waals surface area contributed by atoms with Crippen molar-refractivity contribution in [2.24, 2.45) is 11.7 Å². The molecule has 0 saturated carbocycles. The molecule has 3 N–H and O–H groups in total. The molecular formula is C8H16N2. The third-order valence-electron chi connectivity index (χ3n) is 2.39. The zero-order valence-corrected chi connectivity index (χ0v) is 6.94. The van der Waals surface area contributed by atoms with Crippen LogP contribution in [0.25, 0.3) is 0 Å². The standard InChI is InChI=1S/C8H16N2/c1-6-4-5-7(9)10-8(6,2)3/h5-6,10H,4,9H2,1-3H3. The molecule has 0 aliphatic carbocycles. The highest BCUT2D eigenvalue weighted by Gasteiger charge is 2.27. The van der Waals surface area contributed by atoms with E-state index in [1.807, 2.05) is 0 Å². The van der Waals surface area contributed by atoms with Crippen molar-refractivity contribution in [1.29, 1.82) is 0 Å². The first kappa shape index (κ1) is 7.45. The number of nitrogens with one attached hydrogen (secondary N) is 1. The van der Waals surface area contributed by atoms with Crippen molar-refractivity contribution >= 4 is 0 Å². The van der Waals surface area contributed by atoms with Crippen molar-refractivity contribution in [3.8, 4) is 0 Å². The smallest absolute Gasteiger partial charge is 0.0923 e. The summed E-state index contributed by atoms with van der Waals surface area (Å²) < 4.78 is 0. The van der Waals surface area contributed by atoms with Crippen LogP contribution in [0.3, 0.4) is 0 Å². The van der Waals surface area contributed by atoms with Gasteiger partial charge in [0, 0.05) is 5.54 Å². The molecule has 0 aromatic rings. The highest BCUT2D eigenvalue weighted by Crippen LogP contribution is 2.24. The van der Waals surface area contributed by atoms with Crippen LogP contribution in [0.5, 0.6) is 0 Å². The highest BCUT2D eigenvalue weighted by molar-refractivity contribution is 5.07. The van der Waals surface area contributed by atoms with E-state index in [9.17, 15) is 0 Å². The van der Waals surface area contributed by atoms with Crippen LogP contribution in [0, 0.1) is 5.92 Å². The van der Waals surface area contributed by atoms with E-state index < -0.39 is 0 Å². The van der Waals surface area contributed by atoms with Crippen LogP contribution in [-0.4, -0.2) is 5.54 Å². The maximum absolute atomic E-state index is 5.62. The van der Waals surface area contributed by atoms with Gasteiger partial charge >= 0.3 is 0 Å². The summed E-state index contributed by atoms with van der Waals surface area (Å²) in [5, 5.41) is 3.24. The predicted molar refractivity (Wildman–Crippen MR) is 43.3 cm³/mol. The monoisotopic (exact) mass is 140 g/mol. The number of hydrogen-bond acceptors (Lipinski definition) is 2. The summed E-state index contributed by atoms with van der Waals surface area (Å²) in [5.41, 5.74) is 5.79. The summed E-state index contributed by atoms with van der Waals surface area (Å²) in [6.45, 7) is 6.59. The molecule has 10 heavy (non-hydrogen) atoms. The fourth-order valence-corrected chi connectivity index (χ4v) is 1.14. The van der Waals surface area contributed by atoms with Crippen LogP contribution in [0.4, 0.5) is 0 Å². The lowest BCUT2D eigenvalue weighted by molar-refractivity contribution is 0.276. The minimum absolute atomic E-state index is 0.166. The number of nitrogens with two attached hydrogens (primary N) is 1. The van der Waals surface area contributed by atoms with Gasteiger partial charge in [-0.15, -0.1) is 0 Å². The summed E-state index contributed by atoms with van der Waals surface area (Å²) in [5.74, 6) is 1.49. The van der Waals surface area contributed by atoms with Crippen LogP contribution in [0.2, 0.25) is 0 Å². The molecule has 2 heteroatoms. The molecule has 1 aliphatic heterocycles. The predicted octanol–water partition coefficient (Wildman–Crippen LogP) is 1.19. The van der Waals surface area contributed by atoms with Crippen molar-refractivity contribution in [1.82, 2.24) is 5.32 Å². The summed E-state index contributed by atoms with van der Waals surface area (Å²) in [4.78, 5) is 0. The maximum Gasteiger partial charge on any atom is 0.0923 e. The maximum atomic E-state index is 5.62. The van der Waals surface area contributed by atoms with E-state index in [0.29, 0.717) is 5.92 Å². The van der Waals surface area contributed by atoms with Gasteiger partial charge in [-0.25, -0.2) is 0 Å². The molecule has 1 aliphatic rings. The molecule has 2 nitrogen and oxygen atoms in total. The van der Waals surface area contributed by atoms with Crippen molar-refractivity contribution in [2.45, 2.75) is 32.7 Å². The second kappa shape index (κ2) is 2.19. The largest absolute Gasteiger partial charge is 0.386 e. The summed E-state index contributed by atoms with van der Waals surface area (Å²) in [6.07, 6.45) is 3.14. The number of hydrogen-bond donors (Lipinski definition) is 2. The second-order valence-corrected chi connectivity index (χ2v) is 3.64. The lowest BCUT2D eigenvalue weighted by Crippen LogP contribution is -2.48. The van der Waals surface area contributed by atoms with Gasteiger partial charge < -0.3 is 11.1 Å². The molecule has 0 fully saturated rings. The van der Waals surface area contributed by atoms with Crippen LogP contribution in [0.1, 0.15) is 27.2 Å². The van der Waals surface area contributed by atoms with E-state index in [1.54, 1.807) is 0 Å². The lowest BCUT2D eigenvalue weighted by atomic mass is 9.84. The van der Waals surface area contributed by atoms with Crippen molar-refractivity contribution in [2.75, 3.05) is 0 Å². The molecule has 1 rings (SSSR count). The zero-order chi connectivity index (χ0) is 7.78. The SMILES string of the molecule is CC1CC=C(N)NC1(C)C. The van der Waals surface area contributed by atoms with Gasteiger partial charge in [-0.2, -0.15) is 0 Å². The molecule has 0 saturated heterocycles. The second-order valence-electron chi connectivity index (χ2n) is 3.64. The third-order valence-corrected chi connectivity index (χ3v) is 2.39. The minimum Gasteiger partial charge on any atom is -0.386 e. The van der Waals surface area contributed by atoms with Gasteiger partial charge in [-0.3, -0.25) is 0 Å². The van der Waals surface area contributed by atoms with Crippen LogP contribution >= 0.6 is 0 Å². The Kier molecular flexibility index (Phi) is 1.63. The molecular weight excluding hydrogens is 124 g/mol. The van der Waals surface area contributed by atoms with Crippen molar-refractivity contribution < 1.29 is 0 Å². The van der Waals surface area contributed by atoms with Gasteiger partial charge in [-0.05, 0) is 32.3 Å². The Morgan fingerprint density at radius 1 is 1.70 bits per heavy atom. The van der Waals surface area contributed by atoms with Gasteiger partial charge in [0.25, 0.3) is 0 Å². The van der Waals surface area contributed by atoms with Crippen LogP contribution < -0.4 is 11.1 Å². The quantitative estimate of drug-likeness (QED) is 0.530. The summed E-state index contributed by atoms with van der Waals surface area (Å²) in [7, 11) is 0. The van der Waals surface area contributed by atoms with E-state index in [-0.39, 0.29) is 5.54 Å². The van der Waals surface area contributed by atoms with Gasteiger partial charge in [0.05, 0.1) is 5.82 Å². The molecule has 0 aromatic heterocycles. The molecule has 1 heterocycles. The summed E-state index contributed by atoms with van der Waals surface area (Å²) >= 11 is 0. The lowest BCUT2D eigenvalue weighted by Gasteiger charge is -2.36. The van der Waals surface area contributed by atoms with Crippen molar-refractivity contribution in [3.63, 3.8) is 0 Å². The zero-order valence-electron chi connectivity index (χ0n) is 6.94. The number of allylic oxidation sites excluding steroid dienone is 1. The van der Waals surface area contributed by atoms with Crippen LogP contribution in [0.15, 0.2) is 11.9 Å². The minimum atomic E-state index is 0.166. The first-order valence-corrected chi connectivity index (χ1v) is 3.76. The Balaban J connectivity index is 2.72. The molecule has 0 aromatic carbocycles. The van der Waals surface area contributed by atoms with E-state index in [4.69, 9.17) is 5.73 Å². The Morgan fingerprint density at radius 3 is 2.70 bits per heavy atom. The number of rotatable bonds is 0. The van der Waals surface area contributed by atoms with E-state index >= 15 is 0 Å². The fraction of sp³-hybridized carbons (Fsp3) is 0.750. The first-order chi connectivity index (χ1) is 4.52. The van der Waals surface area contributed by atoms with Gasteiger partial charge in [0.1, 0.15) is 0 Å². The van der Waals surface area contributed by atoms with Crippen molar-refractivity contribution in [3.05, 3.63) is 11.9 Å². The Bertz CT molecular complexity index is 159. The Morgan fingerprint density at radius 2 is 2.30 bits per heavy atom. The topological polar surface area (TPSA) is 38.0 Å². The first-order valence-electron chi connectivity index (χ1n) is 3.76. The molecule has 58 valence electrons. The van der Waals surface area contributed by atoms with Gasteiger partial charge in [0.15, 0.2) is 0 Å². The molecule has 0 amide bonds. The van der Waals surface area contributed by atoms with Gasteiger partial charge in [0.2, 0.25) is 0 Å². The van der Waals surface area contributed by atoms with Crippen LogP contribution in [-0.2, 0) is 0 Å². The normalized spacial score (nSPS) is 30.7. The van der Waals surface area contributed by atoms with E-state index in [0.717, 1.165) is 12.2 Å². The van der Waals surface area contributed by atoms with E-state index in [2.05, 4.69) is 32.2 Å². The Hall–Kier alpha value is -0.660.